The molecule has 0 saturated heterocycles. The van der Waals surface area contributed by atoms with Gasteiger partial charge in [0.2, 0.25) is 0 Å². The maximum atomic E-state index is 10.6. The average molecular weight is 347 g/mol. The minimum absolute atomic E-state index is 0.0363. The van der Waals surface area contributed by atoms with Gasteiger partial charge in [-0.3, -0.25) is 10.1 Å². The number of nitro groups is 1. The van der Waals surface area contributed by atoms with Crippen molar-refractivity contribution in [1.82, 2.24) is 0 Å². The lowest BCUT2D eigenvalue weighted by Gasteiger charge is -2.09. The van der Waals surface area contributed by atoms with Crippen LogP contribution in [0.2, 0.25) is 0 Å². The Morgan fingerprint density at radius 1 is 0.840 bits per heavy atom. The van der Waals surface area contributed by atoms with Crippen molar-refractivity contribution < 1.29 is 23.9 Å². The maximum Gasteiger partial charge on any atom is 0.269 e. The van der Waals surface area contributed by atoms with Crippen LogP contribution in [-0.4, -0.2) is 38.0 Å². The summed E-state index contributed by atoms with van der Waals surface area (Å²) in [6, 6.07) is 13.4. The summed E-state index contributed by atoms with van der Waals surface area (Å²) in [5, 5.41) is 10.6. The number of nitro benzene ring substituents is 1. The molecule has 0 aliphatic carbocycles. The Kier molecular flexibility index (Phi) is 7.52. The van der Waals surface area contributed by atoms with Gasteiger partial charge in [-0.05, 0) is 31.2 Å². The van der Waals surface area contributed by atoms with Gasteiger partial charge in [0, 0.05) is 18.2 Å². The van der Waals surface area contributed by atoms with E-state index in [0.29, 0.717) is 38.8 Å². The standard InChI is InChI=1S/C18H21NO6/c1-2-23-17-4-3-5-18(14-17)25-13-11-22-10-12-24-16-8-6-15(7-9-16)19(20)21/h3-9,14H,2,10-13H2,1H3. The Morgan fingerprint density at radius 2 is 1.44 bits per heavy atom. The molecule has 0 unspecified atom stereocenters. The average Bonchev–Trinajstić information content (AvgIpc) is 2.62. The summed E-state index contributed by atoms with van der Waals surface area (Å²) in [7, 11) is 0. The first-order valence-corrected chi connectivity index (χ1v) is 7.99. The van der Waals surface area contributed by atoms with E-state index in [1.54, 1.807) is 12.1 Å². The van der Waals surface area contributed by atoms with E-state index >= 15 is 0 Å². The van der Waals surface area contributed by atoms with Gasteiger partial charge in [-0.25, -0.2) is 0 Å². The predicted octanol–water partition coefficient (Wildman–Crippen LogP) is 3.47. The molecule has 134 valence electrons. The Balaban J connectivity index is 1.57. The summed E-state index contributed by atoms with van der Waals surface area (Å²) in [6.45, 7) is 4.16. The molecule has 2 aromatic rings. The van der Waals surface area contributed by atoms with Crippen LogP contribution >= 0.6 is 0 Å². The second-order valence-corrected chi connectivity index (χ2v) is 4.97. The van der Waals surface area contributed by atoms with E-state index in [0.717, 1.165) is 11.5 Å². The molecular formula is C18H21NO6. The fourth-order valence-corrected chi connectivity index (χ4v) is 2.02. The molecule has 0 bridgehead atoms. The van der Waals surface area contributed by atoms with Crippen LogP contribution in [0.3, 0.4) is 0 Å². The highest BCUT2D eigenvalue weighted by atomic mass is 16.6. The molecule has 0 heterocycles. The SMILES string of the molecule is CCOc1cccc(OCCOCCOc2ccc([N+](=O)[O-])cc2)c1. The van der Waals surface area contributed by atoms with E-state index in [2.05, 4.69) is 0 Å². The Hall–Kier alpha value is -2.80. The second kappa shape index (κ2) is 10.1. The van der Waals surface area contributed by atoms with Gasteiger partial charge in [0.05, 0.1) is 24.7 Å². The first kappa shape index (κ1) is 18.5. The highest BCUT2D eigenvalue weighted by molar-refractivity contribution is 5.36. The molecule has 0 aliphatic rings. The summed E-state index contributed by atoms with van der Waals surface area (Å²) >= 11 is 0. The van der Waals surface area contributed by atoms with Crippen molar-refractivity contribution in [2.75, 3.05) is 33.0 Å². The van der Waals surface area contributed by atoms with Gasteiger partial charge < -0.3 is 18.9 Å². The molecule has 0 N–H and O–H groups in total. The van der Waals surface area contributed by atoms with Crippen molar-refractivity contribution in [3.05, 3.63) is 58.6 Å². The van der Waals surface area contributed by atoms with Crippen LogP contribution in [0.25, 0.3) is 0 Å². The molecule has 0 atom stereocenters. The molecule has 0 aliphatic heterocycles. The van der Waals surface area contributed by atoms with Gasteiger partial charge in [-0.1, -0.05) is 6.07 Å². The van der Waals surface area contributed by atoms with E-state index in [4.69, 9.17) is 18.9 Å². The summed E-state index contributed by atoms with van der Waals surface area (Å²) in [4.78, 5) is 10.1. The van der Waals surface area contributed by atoms with Crippen molar-refractivity contribution >= 4 is 5.69 Å². The smallest absolute Gasteiger partial charge is 0.269 e. The quantitative estimate of drug-likeness (QED) is 0.352. The highest BCUT2D eigenvalue weighted by Crippen LogP contribution is 2.19. The van der Waals surface area contributed by atoms with E-state index in [-0.39, 0.29) is 5.69 Å². The molecule has 7 heteroatoms. The molecule has 0 fully saturated rings. The molecule has 25 heavy (non-hydrogen) atoms. The van der Waals surface area contributed by atoms with Crippen LogP contribution in [0.1, 0.15) is 6.92 Å². The number of rotatable bonds is 11. The lowest BCUT2D eigenvalue weighted by Crippen LogP contribution is -2.12. The largest absolute Gasteiger partial charge is 0.494 e. The molecular weight excluding hydrogens is 326 g/mol. The molecule has 0 aromatic heterocycles. The lowest BCUT2D eigenvalue weighted by atomic mass is 10.3. The van der Waals surface area contributed by atoms with Gasteiger partial charge in [0.1, 0.15) is 30.5 Å². The predicted molar refractivity (Wildman–Crippen MR) is 92.5 cm³/mol. The zero-order chi connectivity index (χ0) is 17.9. The van der Waals surface area contributed by atoms with Crippen molar-refractivity contribution in [1.29, 1.82) is 0 Å². The van der Waals surface area contributed by atoms with Crippen LogP contribution in [-0.2, 0) is 4.74 Å². The van der Waals surface area contributed by atoms with Crippen LogP contribution in [0.5, 0.6) is 17.2 Å². The first-order valence-electron chi connectivity index (χ1n) is 7.99. The topological polar surface area (TPSA) is 80.1 Å². The number of non-ortho nitro benzene ring substituents is 1. The van der Waals surface area contributed by atoms with Crippen molar-refractivity contribution in [2.24, 2.45) is 0 Å². The summed E-state index contributed by atoms with van der Waals surface area (Å²) in [5.74, 6) is 2.08. The summed E-state index contributed by atoms with van der Waals surface area (Å²) in [5.41, 5.74) is 0.0363. The molecule has 2 aromatic carbocycles. The number of hydrogen-bond acceptors (Lipinski definition) is 6. The van der Waals surface area contributed by atoms with E-state index in [9.17, 15) is 10.1 Å². The normalized spacial score (nSPS) is 10.3. The molecule has 2 rings (SSSR count). The summed E-state index contributed by atoms with van der Waals surface area (Å²) < 4.78 is 21.9. The van der Waals surface area contributed by atoms with Crippen LogP contribution in [0.15, 0.2) is 48.5 Å². The van der Waals surface area contributed by atoms with Gasteiger partial charge in [-0.15, -0.1) is 0 Å². The van der Waals surface area contributed by atoms with E-state index in [1.165, 1.54) is 12.1 Å². The fraction of sp³-hybridized carbons (Fsp3) is 0.333. The van der Waals surface area contributed by atoms with E-state index in [1.807, 2.05) is 31.2 Å². The van der Waals surface area contributed by atoms with Gasteiger partial charge in [0.25, 0.3) is 5.69 Å². The first-order chi connectivity index (χ1) is 12.2. The molecule has 7 nitrogen and oxygen atoms in total. The zero-order valence-electron chi connectivity index (χ0n) is 14.1. The van der Waals surface area contributed by atoms with Gasteiger partial charge in [0.15, 0.2) is 0 Å². The highest BCUT2D eigenvalue weighted by Gasteiger charge is 2.04. The van der Waals surface area contributed by atoms with Gasteiger partial charge in [-0.2, -0.15) is 0 Å². The Bertz CT molecular complexity index is 659. The van der Waals surface area contributed by atoms with Crippen LogP contribution in [0, 0.1) is 10.1 Å². The zero-order valence-corrected chi connectivity index (χ0v) is 14.1. The Labute approximate surface area is 146 Å². The summed E-state index contributed by atoms with van der Waals surface area (Å²) in [6.07, 6.45) is 0. The minimum Gasteiger partial charge on any atom is -0.494 e. The molecule has 0 saturated carbocycles. The lowest BCUT2D eigenvalue weighted by molar-refractivity contribution is -0.384. The van der Waals surface area contributed by atoms with Crippen molar-refractivity contribution in [3.63, 3.8) is 0 Å². The third kappa shape index (κ3) is 6.68. The van der Waals surface area contributed by atoms with Crippen molar-refractivity contribution in [3.8, 4) is 17.2 Å². The monoisotopic (exact) mass is 347 g/mol. The molecule has 0 amide bonds. The second-order valence-electron chi connectivity index (χ2n) is 4.97. The number of nitrogens with zero attached hydrogens (tertiary/aromatic N) is 1. The number of ether oxygens (including phenoxy) is 4. The van der Waals surface area contributed by atoms with Crippen LogP contribution in [0.4, 0.5) is 5.69 Å². The number of benzene rings is 2. The van der Waals surface area contributed by atoms with Crippen molar-refractivity contribution in [2.45, 2.75) is 6.92 Å². The maximum absolute atomic E-state index is 10.6. The third-order valence-electron chi connectivity index (χ3n) is 3.16. The number of hydrogen-bond donors (Lipinski definition) is 0. The Morgan fingerprint density at radius 3 is 2.04 bits per heavy atom. The van der Waals surface area contributed by atoms with Gasteiger partial charge >= 0.3 is 0 Å². The molecule has 0 radical (unpaired) electrons. The van der Waals surface area contributed by atoms with E-state index < -0.39 is 4.92 Å². The van der Waals surface area contributed by atoms with Crippen LogP contribution < -0.4 is 14.2 Å². The third-order valence-corrected chi connectivity index (χ3v) is 3.16. The minimum atomic E-state index is -0.447. The molecule has 0 spiro atoms. The fourth-order valence-electron chi connectivity index (χ4n) is 2.02.